The summed E-state index contributed by atoms with van der Waals surface area (Å²) in [7, 11) is -22.4. The van der Waals surface area contributed by atoms with Gasteiger partial charge in [-0.25, -0.2) is 36.8 Å². The Hall–Kier alpha value is 1.58. The molecule has 0 saturated carbocycles. The van der Waals surface area contributed by atoms with E-state index in [0.29, 0.717) is 0 Å². The molecule has 19 N–H and O–H groups in total. The summed E-state index contributed by atoms with van der Waals surface area (Å²) >= 11 is 0. The van der Waals surface area contributed by atoms with Crippen LogP contribution in [0.3, 0.4) is 0 Å². The summed E-state index contributed by atoms with van der Waals surface area (Å²) in [5.74, 6) is 0. The van der Waals surface area contributed by atoms with Crippen molar-refractivity contribution in [3.63, 3.8) is 0 Å². The third kappa shape index (κ3) is 3130. The van der Waals surface area contributed by atoms with Crippen molar-refractivity contribution >= 4 is 74.2 Å². The first-order valence-electron chi connectivity index (χ1n) is 5.67. The fraction of sp³-hybridized carbons (Fsp3) is 0. The van der Waals surface area contributed by atoms with E-state index in [4.69, 9.17) is 115 Å². The van der Waals surface area contributed by atoms with Gasteiger partial charge in [0, 0.05) is 0 Å². The third-order valence-corrected chi connectivity index (χ3v) is 1.04. The second-order valence-electron chi connectivity index (χ2n) is 3.42. The van der Waals surface area contributed by atoms with E-state index in [1.54, 1.807) is 0 Å². The Morgan fingerprint density at radius 2 is 0.514 bits per heavy atom. The number of nitrogens with one attached hydrogen (secondary N) is 1. The predicted octanol–water partition coefficient (Wildman–Crippen LogP) is -4.37. The molecule has 0 aliphatic rings. The highest BCUT2D eigenvalue weighted by atomic mass is 31.2. The molecule has 0 fully saturated rings. The lowest BCUT2D eigenvalue weighted by Crippen LogP contribution is -1.66. The Balaban J connectivity index is -0.0000000523. The Morgan fingerprint density at radius 1 is 0.429 bits per heavy atom. The summed E-state index contributed by atoms with van der Waals surface area (Å²) in [5, 5.41) is 0. The van der Waals surface area contributed by atoms with Crippen molar-refractivity contribution in [3.8, 4) is 0 Å². The maximum Gasteiger partial charge on any atom is 0.466 e. The lowest BCUT2D eigenvalue weighted by atomic mass is 13.9. The van der Waals surface area contributed by atoms with Crippen LogP contribution in [-0.2, 0) is 27.4 Å². The molecule has 35 heavy (non-hydrogen) atoms. The van der Waals surface area contributed by atoms with E-state index in [-0.39, 0.29) is 0 Å². The van der Waals surface area contributed by atoms with Crippen LogP contribution in [0.1, 0.15) is 0 Å². The lowest BCUT2D eigenvalue weighted by molar-refractivity contribution is 0.272. The molecule has 0 aromatic heterocycles. The van der Waals surface area contributed by atoms with Crippen LogP contribution in [-0.4, -0.2) is 88.1 Å². The molecular formula is H23N2O24P9. The minimum atomic E-state index is -4.64. The molecule has 2 unspecified atom stereocenters. The standard InChI is InChI=1S/H5N2P3.6H3O4P/c3-1-5-2-4;6*1-5(2,3)4/h3-4H2,(H,1,2);6*(H3,1,2,3,4). The number of phosphoric acid groups is 6. The summed E-state index contributed by atoms with van der Waals surface area (Å²) in [5.41, 5.74) is 0. The van der Waals surface area contributed by atoms with Gasteiger partial charge < -0.3 is 88.1 Å². The van der Waals surface area contributed by atoms with Crippen molar-refractivity contribution in [1.82, 2.24) is 4.86 Å². The van der Waals surface area contributed by atoms with Crippen LogP contribution >= 0.6 is 74.2 Å². The fourth-order valence-electron chi connectivity index (χ4n) is 0.0333. The normalized spacial score (nSPS) is 11.5. The van der Waals surface area contributed by atoms with Gasteiger partial charge in [0.15, 0.2) is 0 Å². The molecule has 0 aliphatic heterocycles. The van der Waals surface area contributed by atoms with Crippen molar-refractivity contribution in [2.45, 2.75) is 0 Å². The van der Waals surface area contributed by atoms with E-state index < -0.39 is 46.9 Å². The van der Waals surface area contributed by atoms with Crippen molar-refractivity contribution < 1.29 is 115 Å². The molecule has 0 saturated heterocycles. The summed E-state index contributed by atoms with van der Waals surface area (Å²) in [6.45, 7) is 0. The van der Waals surface area contributed by atoms with Gasteiger partial charge in [-0.3, -0.25) is 0 Å². The van der Waals surface area contributed by atoms with Gasteiger partial charge in [0.2, 0.25) is 0 Å². The number of hydrogen-bond acceptors (Lipinski definition) is 7. The number of nitrogens with zero attached hydrogens (tertiary/aromatic N) is 1. The first kappa shape index (κ1) is 52.9. The maximum absolute atomic E-state index is 8.88. The Labute approximate surface area is 199 Å². The number of rotatable bonds is 1. The molecule has 0 radical (unpaired) electrons. The second-order valence-corrected chi connectivity index (χ2v) is 11.7. The first-order chi connectivity index (χ1) is 14.4. The largest absolute Gasteiger partial charge is 0.466 e. The first-order valence-corrected chi connectivity index (χ1v) is 17.0. The topological polar surface area (TPSA) is 491 Å². The van der Waals surface area contributed by atoms with E-state index in [9.17, 15) is 0 Å². The highest BCUT2D eigenvalue weighted by Gasteiger charge is 2.02. The summed E-state index contributed by atoms with van der Waals surface area (Å²) in [4.78, 5) is 132. The zero-order chi connectivity index (χ0) is 31.1. The third-order valence-electron chi connectivity index (χ3n) is 0.115. The smallest absolute Gasteiger partial charge is 0.303 e. The van der Waals surface area contributed by atoms with E-state index in [0.717, 1.165) is 8.52 Å². The van der Waals surface area contributed by atoms with Crippen LogP contribution in [0.2, 0.25) is 0 Å². The average molecular weight is 714 g/mol. The van der Waals surface area contributed by atoms with E-state index in [1.807, 2.05) is 0 Å². The Kier molecular flexibility index (Phi) is 39.1. The van der Waals surface area contributed by atoms with Gasteiger partial charge >= 0.3 is 46.9 Å². The summed E-state index contributed by atoms with van der Waals surface area (Å²) < 4.78 is 56.9. The van der Waals surface area contributed by atoms with Gasteiger partial charge in [0.05, 0.1) is 8.52 Å². The van der Waals surface area contributed by atoms with Gasteiger partial charge in [-0.2, -0.15) is 0 Å². The summed E-state index contributed by atoms with van der Waals surface area (Å²) in [6.07, 6.45) is 0. The van der Waals surface area contributed by atoms with E-state index in [1.165, 1.54) is 0 Å². The molecule has 2 atom stereocenters. The molecule has 222 valence electrons. The zero-order valence-corrected chi connectivity index (χ0v) is 24.3. The SMILES string of the molecule is O=P(O)(O)O.O=P(O)(O)O.O=P(O)(O)O.O=P(O)(O)O.O=P(O)(O)O.O=P(O)(O)O.PN=PNP. The minimum Gasteiger partial charge on any atom is -0.303 e. The van der Waals surface area contributed by atoms with Crippen molar-refractivity contribution in [1.29, 1.82) is 0 Å². The van der Waals surface area contributed by atoms with Crippen LogP contribution in [0.5, 0.6) is 0 Å². The fourth-order valence-corrected chi connectivity index (χ4v) is 0.900. The molecule has 0 spiro atoms. The minimum absolute atomic E-state index is 0.881. The van der Waals surface area contributed by atoms with Gasteiger partial charge in [-0.05, 0) is 9.39 Å². The molecule has 35 heteroatoms. The van der Waals surface area contributed by atoms with Crippen LogP contribution in [0.4, 0.5) is 0 Å². The van der Waals surface area contributed by atoms with Crippen LogP contribution < -0.4 is 4.86 Å². The molecular weight excluding hydrogens is 691 g/mol. The molecule has 0 rings (SSSR count). The second kappa shape index (κ2) is 25.8. The quantitative estimate of drug-likeness (QED) is 0.114. The summed E-state index contributed by atoms with van der Waals surface area (Å²) in [6, 6.07) is 0. The van der Waals surface area contributed by atoms with Crippen molar-refractivity contribution in [2.75, 3.05) is 0 Å². The van der Waals surface area contributed by atoms with Crippen LogP contribution in [0.15, 0.2) is 4.52 Å². The molecule has 26 nitrogen and oxygen atoms in total. The average Bonchev–Trinajstić information content (AvgIpc) is 2.25. The molecule has 0 heterocycles. The molecule has 0 aliphatic carbocycles. The van der Waals surface area contributed by atoms with Gasteiger partial charge in [-0.15, -0.1) is 0 Å². The molecule has 0 bridgehead atoms. The predicted molar refractivity (Wildman–Crippen MR) is 117 cm³/mol. The van der Waals surface area contributed by atoms with Crippen LogP contribution in [0, 0.1) is 0 Å². The molecule has 0 amide bonds. The van der Waals surface area contributed by atoms with Crippen LogP contribution in [0.25, 0.3) is 0 Å². The number of hydrogen-bond donors (Lipinski definition) is 19. The maximum atomic E-state index is 8.88. The highest BCUT2D eigenvalue weighted by molar-refractivity contribution is 7.46. The molecule has 0 aromatic carbocycles. The highest BCUT2D eigenvalue weighted by Crippen LogP contribution is 2.27. The van der Waals surface area contributed by atoms with E-state index in [2.05, 4.69) is 28.2 Å². The van der Waals surface area contributed by atoms with Gasteiger partial charge in [-0.1, -0.05) is 9.39 Å². The van der Waals surface area contributed by atoms with Crippen molar-refractivity contribution in [2.24, 2.45) is 4.52 Å². The lowest BCUT2D eigenvalue weighted by Gasteiger charge is -1.82. The van der Waals surface area contributed by atoms with Crippen molar-refractivity contribution in [3.05, 3.63) is 0 Å². The van der Waals surface area contributed by atoms with E-state index >= 15 is 0 Å². The monoisotopic (exact) mass is 714 g/mol. The Bertz CT molecular complexity index is 556. The zero-order valence-electron chi connectivity index (χ0n) is 15.7. The Morgan fingerprint density at radius 3 is 0.514 bits per heavy atom. The van der Waals surface area contributed by atoms with Gasteiger partial charge in [0.1, 0.15) is 0 Å². The molecule has 0 aromatic rings. The van der Waals surface area contributed by atoms with Gasteiger partial charge in [0.25, 0.3) is 0 Å².